The van der Waals surface area contributed by atoms with Crippen molar-refractivity contribution in [3.05, 3.63) is 62.8 Å². The van der Waals surface area contributed by atoms with E-state index in [1.54, 1.807) is 39.0 Å². The Labute approximate surface area is 155 Å². The summed E-state index contributed by atoms with van der Waals surface area (Å²) >= 11 is 0. The average molecular weight is 371 g/mol. The van der Waals surface area contributed by atoms with Crippen molar-refractivity contribution in [2.75, 3.05) is 7.11 Å². The molecule has 7 nitrogen and oxygen atoms in total. The molecule has 0 aliphatic carbocycles. The molecule has 1 aromatic carbocycles. The molecule has 0 bridgehead atoms. The van der Waals surface area contributed by atoms with Crippen LogP contribution in [0.5, 0.6) is 5.75 Å². The third-order valence-electron chi connectivity index (χ3n) is 4.51. The number of methoxy groups -OCH3 is 1. The van der Waals surface area contributed by atoms with Gasteiger partial charge in [0.15, 0.2) is 0 Å². The first kappa shape index (κ1) is 18.7. The molecule has 142 valence electrons. The lowest BCUT2D eigenvalue weighted by Gasteiger charge is -2.08. The standard InChI is InChI=1S/C20H21NO6/c1-10-18(12(3)22)11(2)21-19(10)20(24)26-9-13-7-17(23)27-16-8-14(25-4)5-6-15(13)16/h5-8,12,21-22H,9H2,1-4H3/t12-/m1/s1. The summed E-state index contributed by atoms with van der Waals surface area (Å²) in [6, 6.07) is 6.39. The smallest absolute Gasteiger partial charge is 0.355 e. The molecule has 0 amide bonds. The number of hydrogen-bond donors (Lipinski definition) is 2. The van der Waals surface area contributed by atoms with Crippen molar-refractivity contribution in [1.29, 1.82) is 0 Å². The van der Waals surface area contributed by atoms with Crippen LogP contribution >= 0.6 is 0 Å². The summed E-state index contributed by atoms with van der Waals surface area (Å²) in [5, 5.41) is 10.5. The highest BCUT2D eigenvalue weighted by Crippen LogP contribution is 2.26. The fraction of sp³-hybridized carbons (Fsp3) is 0.300. The minimum atomic E-state index is -0.694. The first-order valence-electron chi connectivity index (χ1n) is 8.46. The van der Waals surface area contributed by atoms with E-state index in [1.165, 1.54) is 13.2 Å². The van der Waals surface area contributed by atoms with Crippen LogP contribution in [0.1, 0.15) is 45.9 Å². The Bertz CT molecular complexity index is 1060. The monoisotopic (exact) mass is 371 g/mol. The number of aliphatic hydroxyl groups excluding tert-OH is 1. The highest BCUT2D eigenvalue weighted by atomic mass is 16.5. The van der Waals surface area contributed by atoms with Crippen LogP contribution in [0.15, 0.2) is 33.5 Å². The number of hydrogen-bond acceptors (Lipinski definition) is 6. The summed E-state index contributed by atoms with van der Waals surface area (Å²) in [5.41, 5.74) is 2.69. The van der Waals surface area contributed by atoms with E-state index in [4.69, 9.17) is 13.9 Å². The van der Waals surface area contributed by atoms with Gasteiger partial charge < -0.3 is 24.0 Å². The number of aromatic amines is 1. The zero-order valence-corrected chi connectivity index (χ0v) is 15.6. The summed E-state index contributed by atoms with van der Waals surface area (Å²) in [7, 11) is 1.52. The second-order valence-corrected chi connectivity index (χ2v) is 6.37. The van der Waals surface area contributed by atoms with Gasteiger partial charge in [0.2, 0.25) is 0 Å². The lowest BCUT2D eigenvalue weighted by Crippen LogP contribution is -2.09. The highest BCUT2D eigenvalue weighted by molar-refractivity contribution is 5.90. The molecule has 2 aromatic heterocycles. The molecule has 27 heavy (non-hydrogen) atoms. The Morgan fingerprint density at radius 3 is 2.67 bits per heavy atom. The average Bonchev–Trinajstić information content (AvgIpc) is 2.93. The first-order valence-corrected chi connectivity index (χ1v) is 8.46. The summed E-state index contributed by atoms with van der Waals surface area (Å²) in [6.45, 7) is 5.09. The summed E-state index contributed by atoms with van der Waals surface area (Å²) in [6.07, 6.45) is -0.694. The molecule has 0 fully saturated rings. The van der Waals surface area contributed by atoms with Crippen molar-refractivity contribution in [2.24, 2.45) is 0 Å². The maximum atomic E-state index is 12.5. The van der Waals surface area contributed by atoms with Gasteiger partial charge in [-0.25, -0.2) is 9.59 Å². The van der Waals surface area contributed by atoms with E-state index in [1.807, 2.05) is 0 Å². The molecule has 0 aliphatic heterocycles. The lowest BCUT2D eigenvalue weighted by molar-refractivity contribution is 0.0466. The largest absolute Gasteiger partial charge is 0.497 e. The SMILES string of the molecule is COc1ccc2c(COC(=O)c3[nH]c(C)c([C@@H](C)O)c3C)cc(=O)oc2c1. The molecule has 7 heteroatoms. The van der Waals surface area contributed by atoms with E-state index >= 15 is 0 Å². The van der Waals surface area contributed by atoms with Crippen LogP contribution < -0.4 is 10.4 Å². The second-order valence-electron chi connectivity index (χ2n) is 6.37. The quantitative estimate of drug-likeness (QED) is 0.528. The van der Waals surface area contributed by atoms with Crippen molar-refractivity contribution in [1.82, 2.24) is 4.98 Å². The maximum absolute atomic E-state index is 12.5. The van der Waals surface area contributed by atoms with E-state index in [9.17, 15) is 14.7 Å². The second kappa shape index (κ2) is 7.28. The fourth-order valence-electron chi connectivity index (χ4n) is 3.27. The molecule has 0 saturated heterocycles. The lowest BCUT2D eigenvalue weighted by atomic mass is 10.1. The van der Waals surface area contributed by atoms with Gasteiger partial charge in [0.1, 0.15) is 23.6 Å². The number of ether oxygens (including phenoxy) is 2. The predicted molar refractivity (Wildman–Crippen MR) is 99.1 cm³/mol. The number of esters is 1. The van der Waals surface area contributed by atoms with Crippen LogP contribution in [-0.4, -0.2) is 23.2 Å². The Hall–Kier alpha value is -3.06. The topological polar surface area (TPSA) is 102 Å². The van der Waals surface area contributed by atoms with Gasteiger partial charge in [-0.15, -0.1) is 0 Å². The van der Waals surface area contributed by atoms with Crippen LogP contribution in [0, 0.1) is 13.8 Å². The van der Waals surface area contributed by atoms with Crippen LogP contribution in [0.4, 0.5) is 0 Å². The number of aliphatic hydroxyl groups is 1. The van der Waals surface area contributed by atoms with Gasteiger partial charge in [-0.2, -0.15) is 0 Å². The van der Waals surface area contributed by atoms with Gasteiger partial charge in [0.05, 0.1) is 13.2 Å². The molecule has 0 radical (unpaired) electrons. The van der Waals surface area contributed by atoms with E-state index in [0.29, 0.717) is 39.1 Å². The van der Waals surface area contributed by atoms with Crippen molar-refractivity contribution in [3.63, 3.8) is 0 Å². The predicted octanol–water partition coefficient (Wildman–Crippen LogP) is 3.16. The molecule has 0 aliphatic rings. The van der Waals surface area contributed by atoms with Crippen molar-refractivity contribution in [3.8, 4) is 5.75 Å². The number of aromatic nitrogens is 1. The number of fused-ring (bicyclic) bond motifs is 1. The van der Waals surface area contributed by atoms with E-state index in [2.05, 4.69) is 4.98 Å². The number of carbonyl (C=O) groups excluding carboxylic acids is 1. The fourth-order valence-corrected chi connectivity index (χ4v) is 3.27. The van der Waals surface area contributed by atoms with Crippen LogP contribution in [0.25, 0.3) is 11.0 Å². The molecule has 0 saturated carbocycles. The molecular formula is C20H21NO6. The number of benzene rings is 1. The zero-order valence-electron chi connectivity index (χ0n) is 15.6. The van der Waals surface area contributed by atoms with Gasteiger partial charge in [-0.3, -0.25) is 0 Å². The van der Waals surface area contributed by atoms with E-state index < -0.39 is 17.7 Å². The molecule has 0 spiro atoms. The number of aryl methyl sites for hydroxylation is 1. The van der Waals surface area contributed by atoms with Gasteiger partial charge in [0.25, 0.3) is 0 Å². The minimum Gasteiger partial charge on any atom is -0.497 e. The minimum absolute atomic E-state index is 0.0885. The van der Waals surface area contributed by atoms with Crippen molar-refractivity contribution in [2.45, 2.75) is 33.5 Å². The van der Waals surface area contributed by atoms with Gasteiger partial charge >= 0.3 is 11.6 Å². The highest BCUT2D eigenvalue weighted by Gasteiger charge is 2.21. The Balaban J connectivity index is 1.88. The molecule has 1 atom stereocenters. The number of H-pyrrole nitrogens is 1. The molecule has 2 N–H and O–H groups in total. The summed E-state index contributed by atoms with van der Waals surface area (Å²) in [4.78, 5) is 27.3. The van der Waals surface area contributed by atoms with E-state index in [0.717, 1.165) is 0 Å². The molecule has 3 rings (SSSR count). The molecule has 3 aromatic rings. The zero-order chi connectivity index (χ0) is 19.7. The van der Waals surface area contributed by atoms with Crippen molar-refractivity contribution < 1.29 is 23.8 Å². The Kier molecular flexibility index (Phi) is 5.05. The Morgan fingerprint density at radius 2 is 2.04 bits per heavy atom. The first-order chi connectivity index (χ1) is 12.8. The molecule has 2 heterocycles. The van der Waals surface area contributed by atoms with Crippen LogP contribution in [-0.2, 0) is 11.3 Å². The number of carbonyl (C=O) groups is 1. The number of rotatable bonds is 5. The summed E-state index contributed by atoms with van der Waals surface area (Å²) in [5.74, 6) is 0.000311. The van der Waals surface area contributed by atoms with Gasteiger partial charge in [0, 0.05) is 34.3 Å². The third-order valence-corrected chi connectivity index (χ3v) is 4.51. The normalized spacial score (nSPS) is 12.2. The Morgan fingerprint density at radius 1 is 1.30 bits per heavy atom. The van der Waals surface area contributed by atoms with Crippen molar-refractivity contribution >= 4 is 16.9 Å². The third kappa shape index (κ3) is 3.59. The summed E-state index contributed by atoms with van der Waals surface area (Å²) < 4.78 is 15.7. The molecule has 0 unspecified atom stereocenters. The van der Waals surface area contributed by atoms with Crippen LogP contribution in [0.2, 0.25) is 0 Å². The maximum Gasteiger partial charge on any atom is 0.355 e. The number of nitrogens with one attached hydrogen (secondary N) is 1. The van der Waals surface area contributed by atoms with E-state index in [-0.39, 0.29) is 12.3 Å². The molecular weight excluding hydrogens is 350 g/mol. The van der Waals surface area contributed by atoms with Gasteiger partial charge in [-0.1, -0.05) is 0 Å². The van der Waals surface area contributed by atoms with Crippen LogP contribution in [0.3, 0.4) is 0 Å². The van der Waals surface area contributed by atoms with Gasteiger partial charge in [-0.05, 0) is 38.5 Å².